The number of carbonyl (C=O) groups excluding carboxylic acids is 1. The van der Waals surface area contributed by atoms with Crippen molar-refractivity contribution in [3.8, 4) is 17.1 Å². The summed E-state index contributed by atoms with van der Waals surface area (Å²) in [6, 6.07) is 18.0. The molecule has 5 rings (SSSR count). The zero-order valence-corrected chi connectivity index (χ0v) is 18.9. The third-order valence-electron chi connectivity index (χ3n) is 5.53. The van der Waals surface area contributed by atoms with Gasteiger partial charge in [0.15, 0.2) is 0 Å². The largest absolute Gasteiger partial charge is 0.508 e. The minimum absolute atomic E-state index is 0.218. The third kappa shape index (κ3) is 4.72. The van der Waals surface area contributed by atoms with Gasteiger partial charge in [0.1, 0.15) is 17.4 Å². The van der Waals surface area contributed by atoms with E-state index in [9.17, 15) is 9.90 Å². The van der Waals surface area contributed by atoms with E-state index < -0.39 is 0 Å². The first-order valence-corrected chi connectivity index (χ1v) is 10.9. The number of aryl methyl sites for hydroxylation is 1. The number of aromatic amines is 1. The average molecular weight is 463 g/mol. The molecule has 0 saturated carbocycles. The van der Waals surface area contributed by atoms with Crippen molar-refractivity contribution in [1.82, 2.24) is 19.9 Å². The predicted molar refractivity (Wildman–Crippen MR) is 137 cm³/mol. The predicted octanol–water partition coefficient (Wildman–Crippen LogP) is 5.37. The van der Waals surface area contributed by atoms with Crippen LogP contribution in [0.15, 0.2) is 85.8 Å². The van der Waals surface area contributed by atoms with E-state index in [-0.39, 0.29) is 11.7 Å². The maximum atomic E-state index is 12.3. The van der Waals surface area contributed by atoms with Crippen LogP contribution in [-0.4, -0.2) is 30.9 Å². The summed E-state index contributed by atoms with van der Waals surface area (Å²) in [7, 11) is 0. The minimum atomic E-state index is -0.218. The van der Waals surface area contributed by atoms with Gasteiger partial charge in [-0.2, -0.15) is 0 Å². The van der Waals surface area contributed by atoms with Gasteiger partial charge in [0.2, 0.25) is 0 Å². The Bertz CT molecular complexity index is 1540. The number of H-pyrrole nitrogens is 1. The summed E-state index contributed by atoms with van der Waals surface area (Å²) in [6.45, 7) is 5.91. The molecule has 3 aromatic heterocycles. The Morgan fingerprint density at radius 2 is 1.83 bits per heavy atom. The molecular formula is C27H22N6O2. The molecule has 8 heteroatoms. The Morgan fingerprint density at radius 3 is 2.57 bits per heavy atom. The number of benzene rings is 2. The summed E-state index contributed by atoms with van der Waals surface area (Å²) in [5.41, 5.74) is 5.89. The molecule has 35 heavy (non-hydrogen) atoms. The molecule has 3 heterocycles. The van der Waals surface area contributed by atoms with Crippen molar-refractivity contribution in [2.24, 2.45) is 0 Å². The van der Waals surface area contributed by atoms with Crippen LogP contribution in [0.2, 0.25) is 0 Å². The van der Waals surface area contributed by atoms with Crippen LogP contribution in [-0.2, 0) is 0 Å². The molecule has 1 amide bonds. The molecule has 2 aromatic carbocycles. The Morgan fingerprint density at radius 1 is 1.00 bits per heavy atom. The summed E-state index contributed by atoms with van der Waals surface area (Å²) in [6.07, 6.45) is 4.86. The SMILES string of the molecule is C=C(Nc1cc2nc(-c3ccc(NC(=O)c4cccnc4)cc3)[nH]c2cn1)c1ccc(O)c(C)c1. The number of nitrogens with one attached hydrogen (secondary N) is 3. The smallest absolute Gasteiger partial charge is 0.257 e. The summed E-state index contributed by atoms with van der Waals surface area (Å²) in [5.74, 6) is 1.33. The molecule has 0 radical (unpaired) electrons. The normalized spacial score (nSPS) is 10.8. The van der Waals surface area contributed by atoms with Gasteiger partial charge in [-0.05, 0) is 72.6 Å². The number of rotatable bonds is 6. The highest BCUT2D eigenvalue weighted by Gasteiger charge is 2.10. The van der Waals surface area contributed by atoms with Crippen LogP contribution in [0.5, 0.6) is 5.75 Å². The van der Waals surface area contributed by atoms with Crippen molar-refractivity contribution >= 4 is 34.1 Å². The molecule has 0 atom stereocenters. The number of hydrogen-bond acceptors (Lipinski definition) is 6. The molecule has 172 valence electrons. The molecule has 0 unspecified atom stereocenters. The maximum absolute atomic E-state index is 12.3. The molecule has 0 fully saturated rings. The molecule has 0 aliphatic heterocycles. The van der Waals surface area contributed by atoms with Crippen molar-refractivity contribution in [2.75, 3.05) is 10.6 Å². The number of nitrogens with zero attached hydrogens (tertiary/aromatic N) is 3. The van der Waals surface area contributed by atoms with Crippen molar-refractivity contribution < 1.29 is 9.90 Å². The highest BCUT2D eigenvalue weighted by Crippen LogP contribution is 2.26. The van der Waals surface area contributed by atoms with E-state index in [1.807, 2.05) is 43.3 Å². The lowest BCUT2D eigenvalue weighted by Crippen LogP contribution is -2.11. The number of hydrogen-bond donors (Lipinski definition) is 4. The molecule has 0 aliphatic carbocycles. The van der Waals surface area contributed by atoms with Crippen LogP contribution in [0.1, 0.15) is 21.5 Å². The van der Waals surface area contributed by atoms with Crippen LogP contribution >= 0.6 is 0 Å². The summed E-state index contributed by atoms with van der Waals surface area (Å²) >= 11 is 0. The van der Waals surface area contributed by atoms with Crippen LogP contribution in [0, 0.1) is 6.92 Å². The van der Waals surface area contributed by atoms with Crippen LogP contribution in [0.3, 0.4) is 0 Å². The topological polar surface area (TPSA) is 116 Å². The van der Waals surface area contributed by atoms with Gasteiger partial charge in [0, 0.05) is 35.4 Å². The number of carbonyl (C=O) groups is 1. The summed E-state index contributed by atoms with van der Waals surface area (Å²) < 4.78 is 0. The zero-order valence-electron chi connectivity index (χ0n) is 18.9. The standard InChI is InChI=1S/C27H22N6O2/c1-16-12-19(7-10-24(16)34)17(2)30-25-13-22-23(15-29-25)33-26(32-22)18-5-8-21(9-6-18)31-27(35)20-4-3-11-28-14-20/h3-15,34H,2H2,1H3,(H,29,30)(H,31,35)(H,32,33). The highest BCUT2D eigenvalue weighted by molar-refractivity contribution is 6.04. The Kier molecular flexibility index (Phi) is 5.68. The number of imidazole rings is 1. The Labute approximate surface area is 201 Å². The quantitative estimate of drug-likeness (QED) is 0.270. The van der Waals surface area contributed by atoms with Gasteiger partial charge in [0.05, 0.1) is 22.8 Å². The number of fused-ring (bicyclic) bond motifs is 1. The Balaban J connectivity index is 1.31. The molecule has 5 aromatic rings. The second-order valence-corrected chi connectivity index (χ2v) is 8.05. The maximum Gasteiger partial charge on any atom is 0.257 e. The number of aromatic nitrogens is 4. The minimum Gasteiger partial charge on any atom is -0.508 e. The zero-order chi connectivity index (χ0) is 24.4. The highest BCUT2D eigenvalue weighted by atomic mass is 16.3. The number of phenols is 1. The van der Waals surface area contributed by atoms with Crippen molar-refractivity contribution in [1.29, 1.82) is 0 Å². The fraction of sp³-hybridized carbons (Fsp3) is 0.0370. The van der Waals surface area contributed by atoms with Gasteiger partial charge in [-0.25, -0.2) is 9.97 Å². The van der Waals surface area contributed by atoms with Crippen LogP contribution in [0.4, 0.5) is 11.5 Å². The fourth-order valence-corrected chi connectivity index (χ4v) is 3.60. The van der Waals surface area contributed by atoms with E-state index in [1.54, 1.807) is 36.7 Å². The number of pyridine rings is 2. The van der Waals surface area contributed by atoms with Gasteiger partial charge in [0.25, 0.3) is 5.91 Å². The van der Waals surface area contributed by atoms with Crippen LogP contribution in [0.25, 0.3) is 28.1 Å². The Hall–Kier alpha value is -4.98. The number of phenolic OH excluding ortho intramolecular Hbond substituents is 1. The van der Waals surface area contributed by atoms with Crippen molar-refractivity contribution in [3.63, 3.8) is 0 Å². The lowest BCUT2D eigenvalue weighted by Gasteiger charge is -2.10. The van der Waals surface area contributed by atoms with Gasteiger partial charge in [-0.15, -0.1) is 0 Å². The van der Waals surface area contributed by atoms with Crippen molar-refractivity contribution in [2.45, 2.75) is 6.92 Å². The van der Waals surface area contributed by atoms with Gasteiger partial charge in [-0.3, -0.25) is 9.78 Å². The summed E-state index contributed by atoms with van der Waals surface area (Å²) in [5, 5.41) is 15.8. The van der Waals surface area contributed by atoms with Crippen LogP contribution < -0.4 is 10.6 Å². The van der Waals surface area contributed by atoms with Gasteiger partial charge >= 0.3 is 0 Å². The second-order valence-electron chi connectivity index (χ2n) is 8.05. The van der Waals surface area contributed by atoms with Gasteiger partial charge < -0.3 is 20.7 Å². The van der Waals surface area contributed by atoms with Gasteiger partial charge in [-0.1, -0.05) is 6.58 Å². The molecule has 4 N–H and O–H groups in total. The second kappa shape index (κ2) is 9.11. The first kappa shape index (κ1) is 21.8. The number of anilines is 2. The fourth-order valence-electron chi connectivity index (χ4n) is 3.60. The molecular weight excluding hydrogens is 440 g/mol. The molecule has 0 bridgehead atoms. The molecule has 0 saturated heterocycles. The van der Waals surface area contributed by atoms with E-state index in [0.717, 1.165) is 27.7 Å². The molecule has 0 spiro atoms. The van der Waals surface area contributed by atoms with E-state index in [2.05, 4.69) is 32.2 Å². The average Bonchev–Trinajstić information content (AvgIpc) is 3.30. The van der Waals surface area contributed by atoms with E-state index in [0.29, 0.717) is 28.6 Å². The first-order valence-electron chi connectivity index (χ1n) is 10.9. The monoisotopic (exact) mass is 462 g/mol. The van der Waals surface area contributed by atoms with E-state index in [1.165, 1.54) is 6.20 Å². The lowest BCUT2D eigenvalue weighted by molar-refractivity contribution is 0.102. The van der Waals surface area contributed by atoms with E-state index >= 15 is 0 Å². The van der Waals surface area contributed by atoms with E-state index in [4.69, 9.17) is 4.98 Å². The molecule has 0 aliphatic rings. The molecule has 8 nitrogen and oxygen atoms in total. The number of amides is 1. The number of aromatic hydroxyl groups is 1. The first-order chi connectivity index (χ1) is 17.0. The lowest BCUT2D eigenvalue weighted by atomic mass is 10.1. The summed E-state index contributed by atoms with van der Waals surface area (Å²) in [4.78, 5) is 28.7. The van der Waals surface area contributed by atoms with Crippen molar-refractivity contribution in [3.05, 3.63) is 103 Å². The third-order valence-corrected chi connectivity index (χ3v) is 5.53.